The minimum Gasteiger partial charge on any atom is -0.256 e. The number of nitrogens with zero attached hydrogens (tertiary/aromatic N) is 4. The summed E-state index contributed by atoms with van der Waals surface area (Å²) in [6.07, 6.45) is 10.9. The van der Waals surface area contributed by atoms with Crippen LogP contribution >= 0.6 is 0 Å². The van der Waals surface area contributed by atoms with Gasteiger partial charge in [-0.05, 0) is 46.6 Å². The van der Waals surface area contributed by atoms with Gasteiger partial charge in [0.15, 0.2) is 0 Å². The second kappa shape index (κ2) is 12.8. The summed E-state index contributed by atoms with van der Waals surface area (Å²) in [5.74, 6) is 0. The molecule has 2 aliphatic carbocycles. The van der Waals surface area contributed by atoms with Crippen LogP contribution in [0.25, 0.3) is 0 Å². The Kier molecular flexibility index (Phi) is 7.96. The molecule has 4 aromatic rings. The molecule has 4 heteroatoms. The number of rotatable bonds is 4. The van der Waals surface area contributed by atoms with Crippen LogP contribution in [0.5, 0.6) is 0 Å². The summed E-state index contributed by atoms with van der Waals surface area (Å²) in [6.45, 7) is 0. The van der Waals surface area contributed by atoms with Crippen LogP contribution in [0.4, 0.5) is 0 Å². The average molecular weight is 569 g/mol. The van der Waals surface area contributed by atoms with Crippen molar-refractivity contribution >= 4 is 22.8 Å². The minimum absolute atomic E-state index is 0.602. The molecular weight excluding hydrogens is 536 g/mol. The molecule has 4 aromatic carbocycles. The maximum absolute atomic E-state index is 5.25. The Balaban J connectivity index is 1.35. The predicted molar refractivity (Wildman–Crippen MR) is 183 cm³/mol. The van der Waals surface area contributed by atoms with Gasteiger partial charge in [0.25, 0.3) is 0 Å². The minimum atomic E-state index is 0.602. The van der Waals surface area contributed by atoms with Gasteiger partial charge >= 0.3 is 0 Å². The molecule has 1 aliphatic heterocycles. The van der Waals surface area contributed by atoms with Crippen molar-refractivity contribution < 1.29 is 0 Å². The number of fused-ring (bicyclic) bond motifs is 4. The zero-order valence-electron chi connectivity index (χ0n) is 24.5. The van der Waals surface area contributed by atoms with Crippen LogP contribution in [0.1, 0.15) is 47.9 Å². The molecule has 0 N–H and O–H groups in total. The van der Waals surface area contributed by atoms with Gasteiger partial charge in [-0.25, -0.2) is 0 Å². The molecule has 0 fully saturated rings. The summed E-state index contributed by atoms with van der Waals surface area (Å²) >= 11 is 0. The zero-order chi connectivity index (χ0) is 29.6. The Morgan fingerprint density at radius 3 is 0.727 bits per heavy atom. The molecule has 212 valence electrons. The third-order valence-corrected chi connectivity index (χ3v) is 7.87. The van der Waals surface area contributed by atoms with Crippen LogP contribution in [0, 0.1) is 0 Å². The van der Waals surface area contributed by atoms with Gasteiger partial charge in [0.1, 0.15) is 0 Å². The van der Waals surface area contributed by atoms with Crippen molar-refractivity contribution in [2.45, 2.75) is 25.7 Å². The molecule has 0 saturated heterocycles. The Morgan fingerprint density at radius 2 is 0.500 bits per heavy atom. The molecule has 0 unspecified atom stereocenters. The molecule has 4 bridgehead atoms. The van der Waals surface area contributed by atoms with Crippen molar-refractivity contribution in [3.63, 3.8) is 0 Å². The van der Waals surface area contributed by atoms with Crippen LogP contribution in [0.2, 0.25) is 0 Å². The highest BCUT2D eigenvalue weighted by Gasteiger charge is 2.19. The normalized spacial score (nSPS) is 16.9. The lowest BCUT2D eigenvalue weighted by atomic mass is 9.99. The largest absolute Gasteiger partial charge is 0.256 e. The molecule has 0 amide bonds. The standard InChI is InChI=1S/C40H32N4/c1-5-13-29(14-6-1)37-27-38(30-15-7-2-8-16-30)42-35-23-24-36(26-35)44-40(32-19-11-4-12-20-32)28-39(31-17-9-3-10-18-31)43-34-22-21-33(25-34)41-37/h1-24H,25-28H2. The van der Waals surface area contributed by atoms with Gasteiger partial charge in [0.05, 0.1) is 22.8 Å². The molecule has 3 aliphatic rings. The molecule has 0 spiro atoms. The number of allylic oxidation sites excluding steroid dienone is 4. The highest BCUT2D eigenvalue weighted by Crippen LogP contribution is 2.28. The van der Waals surface area contributed by atoms with Crippen molar-refractivity contribution in [1.82, 2.24) is 0 Å². The quantitative estimate of drug-likeness (QED) is 0.236. The van der Waals surface area contributed by atoms with Crippen molar-refractivity contribution in [1.29, 1.82) is 0 Å². The zero-order valence-corrected chi connectivity index (χ0v) is 24.5. The Labute approximate surface area is 258 Å². The maximum Gasteiger partial charge on any atom is 0.0539 e. The van der Waals surface area contributed by atoms with Gasteiger partial charge in [-0.2, -0.15) is 0 Å². The molecule has 0 atom stereocenters. The van der Waals surface area contributed by atoms with E-state index in [9.17, 15) is 0 Å². The second-order valence-corrected chi connectivity index (χ2v) is 11.0. The van der Waals surface area contributed by atoms with E-state index in [0.29, 0.717) is 25.7 Å². The third kappa shape index (κ3) is 6.45. The van der Waals surface area contributed by atoms with E-state index >= 15 is 0 Å². The second-order valence-electron chi connectivity index (χ2n) is 11.0. The lowest BCUT2D eigenvalue weighted by molar-refractivity contribution is 1.07. The summed E-state index contributed by atoms with van der Waals surface area (Å²) in [5.41, 5.74) is 12.3. The summed E-state index contributed by atoms with van der Waals surface area (Å²) in [4.78, 5) is 21.0. The molecule has 0 radical (unpaired) electrons. The fourth-order valence-corrected chi connectivity index (χ4v) is 5.66. The first-order chi connectivity index (χ1) is 21.8. The molecule has 1 heterocycles. The van der Waals surface area contributed by atoms with Gasteiger partial charge in [-0.1, -0.05) is 121 Å². The lowest BCUT2D eigenvalue weighted by Crippen LogP contribution is -2.13. The third-order valence-electron chi connectivity index (χ3n) is 7.87. The highest BCUT2D eigenvalue weighted by molar-refractivity contribution is 6.19. The summed E-state index contributed by atoms with van der Waals surface area (Å²) in [5, 5.41) is 0. The Morgan fingerprint density at radius 1 is 0.273 bits per heavy atom. The van der Waals surface area contributed by atoms with E-state index in [-0.39, 0.29) is 0 Å². The molecule has 0 aromatic heterocycles. The smallest absolute Gasteiger partial charge is 0.0539 e. The van der Waals surface area contributed by atoms with Gasteiger partial charge in [-0.15, -0.1) is 0 Å². The number of hydrogen-bond acceptors (Lipinski definition) is 4. The fourth-order valence-electron chi connectivity index (χ4n) is 5.66. The van der Waals surface area contributed by atoms with Crippen molar-refractivity contribution in [3.8, 4) is 0 Å². The van der Waals surface area contributed by atoms with E-state index in [1.807, 2.05) is 24.3 Å². The first-order valence-electron chi connectivity index (χ1n) is 15.1. The van der Waals surface area contributed by atoms with Crippen LogP contribution in [0.15, 0.2) is 188 Å². The number of aliphatic imine (C=N–C) groups is 4. The predicted octanol–water partition coefficient (Wildman–Crippen LogP) is 9.08. The van der Waals surface area contributed by atoms with E-state index in [1.165, 1.54) is 0 Å². The van der Waals surface area contributed by atoms with Crippen molar-refractivity contribution in [2.24, 2.45) is 20.0 Å². The lowest BCUT2D eigenvalue weighted by Gasteiger charge is -2.14. The summed E-state index contributed by atoms with van der Waals surface area (Å²) < 4.78 is 0. The van der Waals surface area contributed by atoms with E-state index in [4.69, 9.17) is 20.0 Å². The van der Waals surface area contributed by atoms with E-state index in [2.05, 4.69) is 121 Å². The first kappa shape index (κ1) is 27.4. The summed E-state index contributed by atoms with van der Waals surface area (Å²) in [7, 11) is 0. The molecule has 0 saturated carbocycles. The number of hydrogen-bond donors (Lipinski definition) is 0. The molecule has 7 rings (SSSR count). The monoisotopic (exact) mass is 568 g/mol. The SMILES string of the molecule is C1=C2CC(=C1)N=C(c1ccccc1)CC(c1ccccc1)=NC1=CC=C(C1)N=C(c1ccccc1)CC(c1ccccc1)=N2. The maximum atomic E-state index is 5.25. The number of benzene rings is 4. The van der Waals surface area contributed by atoms with Crippen LogP contribution in [-0.2, 0) is 0 Å². The van der Waals surface area contributed by atoms with E-state index < -0.39 is 0 Å². The summed E-state index contributed by atoms with van der Waals surface area (Å²) in [6, 6.07) is 41.7. The Bertz CT molecular complexity index is 1620. The van der Waals surface area contributed by atoms with E-state index in [0.717, 1.165) is 67.9 Å². The van der Waals surface area contributed by atoms with Crippen LogP contribution in [0.3, 0.4) is 0 Å². The highest BCUT2D eigenvalue weighted by atomic mass is 14.9. The molecule has 44 heavy (non-hydrogen) atoms. The van der Waals surface area contributed by atoms with Crippen LogP contribution < -0.4 is 0 Å². The Hall–Kier alpha value is -5.48. The van der Waals surface area contributed by atoms with Gasteiger partial charge in [-0.3, -0.25) is 20.0 Å². The van der Waals surface area contributed by atoms with E-state index in [1.54, 1.807) is 0 Å². The fraction of sp³-hybridized carbons (Fsp3) is 0.100. The van der Waals surface area contributed by atoms with Crippen LogP contribution in [-0.4, -0.2) is 22.8 Å². The van der Waals surface area contributed by atoms with Crippen molar-refractivity contribution in [3.05, 3.63) is 191 Å². The van der Waals surface area contributed by atoms with Gasteiger partial charge in [0.2, 0.25) is 0 Å². The molecule has 4 nitrogen and oxygen atoms in total. The van der Waals surface area contributed by atoms with Gasteiger partial charge < -0.3 is 0 Å². The average Bonchev–Trinajstić information content (AvgIpc) is 3.73. The molecular formula is C40H32N4. The van der Waals surface area contributed by atoms with Gasteiger partial charge in [0, 0.05) is 48.5 Å². The topological polar surface area (TPSA) is 49.4 Å². The first-order valence-corrected chi connectivity index (χ1v) is 15.1. The van der Waals surface area contributed by atoms with Crippen molar-refractivity contribution in [2.75, 3.05) is 0 Å².